The van der Waals surface area contributed by atoms with E-state index in [4.69, 9.17) is 17.1 Å². The third-order valence-electron chi connectivity index (χ3n) is 4.91. The van der Waals surface area contributed by atoms with Crippen molar-refractivity contribution in [3.05, 3.63) is 39.6 Å². The molecular weight excluding hydrogens is 305 g/mol. The monoisotopic (exact) mass is 321 g/mol. The highest BCUT2D eigenvalue weighted by Crippen LogP contribution is 2.50. The zero-order valence-corrected chi connectivity index (χ0v) is 13.3. The van der Waals surface area contributed by atoms with Crippen LogP contribution in [0.25, 0.3) is 21.3 Å². The second-order valence-electron chi connectivity index (χ2n) is 6.09. The standard InChI is InChI=1S/C15H17ClFN5/c1-14(20-21-18,15(17)5-3-4-6-15)12-7-10-8-13(16)19-9-11(10)22(12)2/h7-9H,3-6H2,1-2H3. The zero-order chi connectivity index (χ0) is 16.0. The molecule has 1 fully saturated rings. The van der Waals surface area contributed by atoms with Gasteiger partial charge in [0.1, 0.15) is 16.4 Å². The number of azide groups is 1. The molecule has 0 radical (unpaired) electrons. The Kier molecular flexibility index (Phi) is 3.54. The van der Waals surface area contributed by atoms with Gasteiger partial charge in [0, 0.05) is 23.0 Å². The van der Waals surface area contributed by atoms with Crippen LogP contribution in [0.3, 0.4) is 0 Å². The van der Waals surface area contributed by atoms with E-state index in [2.05, 4.69) is 15.0 Å². The molecule has 1 atom stereocenters. The number of fused-ring (bicyclic) bond motifs is 1. The minimum atomic E-state index is -1.53. The van der Waals surface area contributed by atoms with E-state index < -0.39 is 11.2 Å². The van der Waals surface area contributed by atoms with Crippen molar-refractivity contribution in [3.63, 3.8) is 0 Å². The average Bonchev–Trinajstić information content (AvgIpc) is 3.05. The second-order valence-corrected chi connectivity index (χ2v) is 6.48. The van der Waals surface area contributed by atoms with Gasteiger partial charge in [-0.05, 0) is 37.4 Å². The summed E-state index contributed by atoms with van der Waals surface area (Å²) in [4.78, 5) is 7.00. The highest BCUT2D eigenvalue weighted by atomic mass is 35.5. The maximum absolute atomic E-state index is 15.5. The first kappa shape index (κ1) is 15.1. The van der Waals surface area contributed by atoms with Gasteiger partial charge in [0.05, 0.1) is 11.7 Å². The lowest BCUT2D eigenvalue weighted by Gasteiger charge is -2.37. The second kappa shape index (κ2) is 5.14. The van der Waals surface area contributed by atoms with Crippen LogP contribution in [-0.4, -0.2) is 15.2 Å². The SMILES string of the molecule is Cn1c(C(C)(N=[N+]=[N-])C2(F)CCCC2)cc2cc(Cl)ncc21. The molecule has 0 N–H and O–H groups in total. The molecule has 1 saturated carbocycles. The van der Waals surface area contributed by atoms with E-state index in [0.717, 1.165) is 23.7 Å². The summed E-state index contributed by atoms with van der Waals surface area (Å²) in [6.07, 6.45) is 4.08. The Labute approximate surface area is 132 Å². The maximum Gasteiger partial charge on any atom is 0.129 e. The number of pyridine rings is 1. The summed E-state index contributed by atoms with van der Waals surface area (Å²) in [7, 11) is 1.83. The Morgan fingerprint density at radius 1 is 1.45 bits per heavy atom. The number of rotatable bonds is 3. The van der Waals surface area contributed by atoms with E-state index in [1.807, 2.05) is 17.7 Å². The van der Waals surface area contributed by atoms with Crippen molar-refractivity contribution in [2.45, 2.75) is 43.8 Å². The molecule has 2 aromatic heterocycles. The van der Waals surface area contributed by atoms with Gasteiger partial charge in [-0.1, -0.05) is 29.6 Å². The van der Waals surface area contributed by atoms with Crippen molar-refractivity contribution in [1.82, 2.24) is 9.55 Å². The highest BCUT2D eigenvalue weighted by molar-refractivity contribution is 6.30. The minimum Gasteiger partial charge on any atom is -0.346 e. The third kappa shape index (κ3) is 2.06. The molecule has 0 saturated heterocycles. The fourth-order valence-corrected chi connectivity index (χ4v) is 3.72. The molecule has 0 aromatic carbocycles. The van der Waals surface area contributed by atoms with Crippen molar-refractivity contribution in [2.75, 3.05) is 0 Å². The Balaban J connectivity index is 2.25. The molecule has 0 aliphatic heterocycles. The fourth-order valence-electron chi connectivity index (χ4n) is 3.56. The molecule has 7 heteroatoms. The van der Waals surface area contributed by atoms with Crippen LogP contribution in [-0.2, 0) is 12.6 Å². The van der Waals surface area contributed by atoms with Gasteiger partial charge in [0.25, 0.3) is 0 Å². The van der Waals surface area contributed by atoms with Crippen molar-refractivity contribution in [1.29, 1.82) is 0 Å². The van der Waals surface area contributed by atoms with Crippen LogP contribution in [0.15, 0.2) is 23.4 Å². The number of hydrogen-bond acceptors (Lipinski definition) is 2. The van der Waals surface area contributed by atoms with Gasteiger partial charge in [-0.15, -0.1) is 0 Å². The minimum absolute atomic E-state index is 0.381. The summed E-state index contributed by atoms with van der Waals surface area (Å²) in [5.74, 6) is 0. The maximum atomic E-state index is 15.5. The number of aryl methyl sites for hydroxylation is 1. The molecule has 0 spiro atoms. The molecule has 22 heavy (non-hydrogen) atoms. The average molecular weight is 322 g/mol. The van der Waals surface area contributed by atoms with Crippen molar-refractivity contribution >= 4 is 22.5 Å². The molecule has 0 bridgehead atoms. The summed E-state index contributed by atoms with van der Waals surface area (Å²) in [6, 6.07) is 3.58. The van der Waals surface area contributed by atoms with Gasteiger partial charge in [0.15, 0.2) is 0 Å². The summed E-state index contributed by atoms with van der Waals surface area (Å²) >= 11 is 5.93. The van der Waals surface area contributed by atoms with Gasteiger partial charge in [0.2, 0.25) is 0 Å². The summed E-state index contributed by atoms with van der Waals surface area (Å²) < 4.78 is 17.3. The van der Waals surface area contributed by atoms with Gasteiger partial charge in [-0.3, -0.25) is 0 Å². The Morgan fingerprint density at radius 3 is 2.77 bits per heavy atom. The van der Waals surface area contributed by atoms with Crippen molar-refractivity contribution < 1.29 is 4.39 Å². The van der Waals surface area contributed by atoms with E-state index in [-0.39, 0.29) is 0 Å². The molecule has 5 nitrogen and oxygen atoms in total. The number of aromatic nitrogens is 2. The van der Waals surface area contributed by atoms with Crippen molar-refractivity contribution in [2.24, 2.45) is 12.2 Å². The number of halogens is 2. The van der Waals surface area contributed by atoms with E-state index in [1.165, 1.54) is 0 Å². The third-order valence-corrected chi connectivity index (χ3v) is 5.11. The Morgan fingerprint density at radius 2 is 2.14 bits per heavy atom. The summed E-state index contributed by atoms with van der Waals surface area (Å²) in [6.45, 7) is 1.68. The number of nitrogens with zero attached hydrogens (tertiary/aromatic N) is 5. The van der Waals surface area contributed by atoms with Crippen LogP contribution in [0.5, 0.6) is 0 Å². The van der Waals surface area contributed by atoms with E-state index in [1.54, 1.807) is 19.2 Å². The Bertz CT molecular complexity index is 774. The molecule has 3 rings (SSSR count). The van der Waals surface area contributed by atoms with Crippen LogP contribution >= 0.6 is 11.6 Å². The first-order chi connectivity index (χ1) is 10.4. The highest BCUT2D eigenvalue weighted by Gasteiger charge is 2.52. The van der Waals surface area contributed by atoms with Crippen LogP contribution in [0, 0.1) is 0 Å². The van der Waals surface area contributed by atoms with Gasteiger partial charge in [-0.25, -0.2) is 9.37 Å². The van der Waals surface area contributed by atoms with E-state index in [0.29, 0.717) is 23.7 Å². The van der Waals surface area contributed by atoms with E-state index >= 15 is 4.39 Å². The first-order valence-corrected chi connectivity index (χ1v) is 7.66. The van der Waals surface area contributed by atoms with Crippen LogP contribution in [0.4, 0.5) is 4.39 Å². The molecule has 0 amide bonds. The lowest BCUT2D eigenvalue weighted by molar-refractivity contribution is 0.0666. The lowest BCUT2D eigenvalue weighted by Crippen LogP contribution is -2.43. The molecule has 116 valence electrons. The predicted molar refractivity (Wildman–Crippen MR) is 84.5 cm³/mol. The molecule has 1 aliphatic carbocycles. The molecular formula is C15H17ClFN5. The molecule has 1 unspecified atom stereocenters. The summed E-state index contributed by atoms with van der Waals surface area (Å²) in [5, 5.41) is 5.13. The predicted octanol–water partition coefficient (Wildman–Crippen LogP) is 5.03. The summed E-state index contributed by atoms with van der Waals surface area (Å²) in [5.41, 5.74) is 7.70. The van der Waals surface area contributed by atoms with Crippen molar-refractivity contribution in [3.8, 4) is 0 Å². The quantitative estimate of drug-likeness (QED) is 0.338. The molecule has 2 heterocycles. The van der Waals surface area contributed by atoms with Gasteiger partial charge >= 0.3 is 0 Å². The largest absolute Gasteiger partial charge is 0.346 e. The van der Waals surface area contributed by atoms with Gasteiger partial charge < -0.3 is 4.57 Å². The number of alkyl halides is 1. The lowest BCUT2D eigenvalue weighted by atomic mass is 9.79. The molecule has 2 aromatic rings. The Hall–Kier alpha value is -1.78. The van der Waals surface area contributed by atoms with Crippen LogP contribution in [0.2, 0.25) is 5.15 Å². The number of hydrogen-bond donors (Lipinski definition) is 0. The van der Waals surface area contributed by atoms with E-state index in [9.17, 15) is 0 Å². The zero-order valence-electron chi connectivity index (χ0n) is 12.6. The topological polar surface area (TPSA) is 66.6 Å². The smallest absolute Gasteiger partial charge is 0.129 e. The van der Waals surface area contributed by atoms with Gasteiger partial charge in [-0.2, -0.15) is 0 Å². The fraction of sp³-hybridized carbons (Fsp3) is 0.533. The first-order valence-electron chi connectivity index (χ1n) is 7.28. The van der Waals surface area contributed by atoms with Crippen LogP contribution < -0.4 is 0 Å². The molecule has 1 aliphatic rings. The van der Waals surface area contributed by atoms with Crippen LogP contribution in [0.1, 0.15) is 38.3 Å². The normalized spacial score (nSPS) is 19.8.